The van der Waals surface area contributed by atoms with E-state index in [0.717, 1.165) is 5.69 Å². The first-order chi connectivity index (χ1) is 12.6. The number of phenols is 1. The Balaban J connectivity index is 1.80. The predicted molar refractivity (Wildman–Crippen MR) is 97.6 cm³/mol. The van der Waals surface area contributed by atoms with Gasteiger partial charge in [0.2, 0.25) is 0 Å². The molecule has 0 aliphatic rings. The first kappa shape index (κ1) is 16.2. The van der Waals surface area contributed by atoms with E-state index >= 15 is 0 Å². The summed E-state index contributed by atoms with van der Waals surface area (Å²) in [5.41, 5.74) is 2.17. The maximum atomic E-state index is 14.8. The van der Waals surface area contributed by atoms with Crippen LogP contribution in [0.25, 0.3) is 21.8 Å². The number of aromatic amines is 1. The van der Waals surface area contributed by atoms with Crippen molar-refractivity contribution < 1.29 is 19.0 Å². The topological polar surface area (TPSA) is 67.4 Å². The molecule has 26 heavy (non-hydrogen) atoms. The minimum Gasteiger partial charge on any atom is -0.504 e. The van der Waals surface area contributed by atoms with Crippen molar-refractivity contribution in [1.82, 2.24) is 9.97 Å². The van der Waals surface area contributed by atoms with Crippen molar-refractivity contribution in [2.75, 3.05) is 6.61 Å². The Labute approximate surface area is 149 Å². The molecule has 0 bridgehead atoms. The smallest absolute Gasteiger partial charge is 0.175 e. The zero-order chi connectivity index (χ0) is 18.3. The van der Waals surface area contributed by atoms with E-state index in [1.165, 1.54) is 6.07 Å². The minimum absolute atomic E-state index is 0.0191. The van der Waals surface area contributed by atoms with Gasteiger partial charge in [-0.1, -0.05) is 0 Å². The van der Waals surface area contributed by atoms with E-state index < -0.39 is 5.82 Å². The summed E-state index contributed by atoms with van der Waals surface area (Å²) in [7, 11) is 0. The molecule has 2 heterocycles. The van der Waals surface area contributed by atoms with Crippen LogP contribution in [0.3, 0.4) is 0 Å². The maximum Gasteiger partial charge on any atom is 0.175 e. The van der Waals surface area contributed by atoms with Crippen molar-refractivity contribution in [2.45, 2.75) is 13.8 Å². The number of benzene rings is 2. The van der Waals surface area contributed by atoms with Gasteiger partial charge in [-0.2, -0.15) is 0 Å². The summed E-state index contributed by atoms with van der Waals surface area (Å²) >= 11 is 0. The summed E-state index contributed by atoms with van der Waals surface area (Å²) in [4.78, 5) is 7.37. The first-order valence-electron chi connectivity index (χ1n) is 8.27. The van der Waals surface area contributed by atoms with Crippen LogP contribution >= 0.6 is 0 Å². The summed E-state index contributed by atoms with van der Waals surface area (Å²) in [5.74, 6) is 0.401. The number of aromatic hydroxyl groups is 1. The summed E-state index contributed by atoms with van der Waals surface area (Å²) in [6, 6.07) is 9.87. The van der Waals surface area contributed by atoms with Gasteiger partial charge >= 0.3 is 0 Å². The van der Waals surface area contributed by atoms with Gasteiger partial charge in [-0.15, -0.1) is 0 Å². The number of nitrogens with zero attached hydrogens (tertiary/aromatic N) is 1. The van der Waals surface area contributed by atoms with E-state index in [-0.39, 0.29) is 11.5 Å². The predicted octanol–water partition coefficient (Wildman–Crippen LogP) is 5.06. The Bertz CT molecular complexity index is 1120. The molecule has 0 fully saturated rings. The third-order valence-electron chi connectivity index (χ3n) is 4.14. The Morgan fingerprint density at radius 1 is 1.08 bits per heavy atom. The summed E-state index contributed by atoms with van der Waals surface area (Å²) < 4.78 is 26.0. The number of fused-ring (bicyclic) bond motifs is 2. The number of halogens is 1. The van der Waals surface area contributed by atoms with Crippen LogP contribution in [0.5, 0.6) is 23.0 Å². The molecule has 0 atom stereocenters. The number of hydrogen-bond donors (Lipinski definition) is 2. The standard InChI is InChI=1S/C20H17FN2O3/c1-3-25-19-10-15-12(9-16(19)24)17(6-7-22-15)26-18-5-4-14-13(20(18)21)8-11(2)23-14/h4-10,23-24H,3H2,1-2H3. The fraction of sp³-hybridized carbons (Fsp3) is 0.150. The van der Waals surface area contributed by atoms with Gasteiger partial charge in [-0.25, -0.2) is 4.39 Å². The van der Waals surface area contributed by atoms with Crippen molar-refractivity contribution in [3.8, 4) is 23.0 Å². The van der Waals surface area contributed by atoms with Crippen LogP contribution in [0.15, 0.2) is 42.6 Å². The van der Waals surface area contributed by atoms with Crippen LogP contribution in [0, 0.1) is 12.7 Å². The number of aromatic nitrogens is 2. The monoisotopic (exact) mass is 352 g/mol. The van der Waals surface area contributed by atoms with Gasteiger partial charge in [-0.05, 0) is 44.2 Å². The van der Waals surface area contributed by atoms with E-state index in [4.69, 9.17) is 9.47 Å². The average Bonchev–Trinajstić information content (AvgIpc) is 3.00. The highest BCUT2D eigenvalue weighted by molar-refractivity contribution is 5.88. The molecule has 0 saturated carbocycles. The van der Waals surface area contributed by atoms with Crippen molar-refractivity contribution in [1.29, 1.82) is 0 Å². The minimum atomic E-state index is -0.438. The molecule has 0 saturated heterocycles. The van der Waals surface area contributed by atoms with Crippen LogP contribution < -0.4 is 9.47 Å². The largest absolute Gasteiger partial charge is 0.504 e. The third kappa shape index (κ3) is 2.69. The molecular formula is C20H17FN2O3. The lowest BCUT2D eigenvalue weighted by atomic mass is 10.1. The van der Waals surface area contributed by atoms with Gasteiger partial charge in [-0.3, -0.25) is 4.98 Å². The average molecular weight is 352 g/mol. The van der Waals surface area contributed by atoms with Gasteiger partial charge < -0.3 is 19.6 Å². The fourth-order valence-corrected chi connectivity index (χ4v) is 2.98. The molecular weight excluding hydrogens is 335 g/mol. The number of aryl methyl sites for hydroxylation is 1. The highest BCUT2D eigenvalue weighted by Crippen LogP contribution is 2.37. The molecule has 0 spiro atoms. The third-order valence-corrected chi connectivity index (χ3v) is 4.14. The zero-order valence-electron chi connectivity index (χ0n) is 14.3. The number of hydrogen-bond acceptors (Lipinski definition) is 4. The van der Waals surface area contributed by atoms with Crippen molar-refractivity contribution in [3.63, 3.8) is 0 Å². The zero-order valence-corrected chi connectivity index (χ0v) is 14.3. The highest BCUT2D eigenvalue weighted by Gasteiger charge is 2.14. The lowest BCUT2D eigenvalue weighted by Gasteiger charge is -2.12. The lowest BCUT2D eigenvalue weighted by molar-refractivity contribution is 0.318. The fourth-order valence-electron chi connectivity index (χ4n) is 2.98. The van der Waals surface area contributed by atoms with Crippen LogP contribution in [0.1, 0.15) is 12.6 Å². The van der Waals surface area contributed by atoms with Crippen LogP contribution in [0.4, 0.5) is 4.39 Å². The molecule has 0 unspecified atom stereocenters. The van der Waals surface area contributed by atoms with Gasteiger partial charge in [0.05, 0.1) is 12.1 Å². The van der Waals surface area contributed by atoms with Crippen molar-refractivity contribution in [2.24, 2.45) is 0 Å². The molecule has 2 aromatic carbocycles. The van der Waals surface area contributed by atoms with E-state index in [9.17, 15) is 9.50 Å². The van der Waals surface area contributed by atoms with Gasteiger partial charge in [0.1, 0.15) is 5.75 Å². The number of rotatable bonds is 4. The molecule has 0 aliphatic heterocycles. The maximum absolute atomic E-state index is 14.8. The number of pyridine rings is 1. The van der Waals surface area contributed by atoms with E-state index in [1.54, 1.807) is 36.5 Å². The normalized spacial score (nSPS) is 11.2. The second-order valence-corrected chi connectivity index (χ2v) is 5.97. The Hall–Kier alpha value is -3.28. The molecule has 0 amide bonds. The van der Waals surface area contributed by atoms with Crippen molar-refractivity contribution in [3.05, 3.63) is 54.1 Å². The summed E-state index contributed by atoms with van der Waals surface area (Å²) in [6.45, 7) is 4.13. The number of ether oxygens (including phenoxy) is 2. The molecule has 4 aromatic rings. The summed E-state index contributed by atoms with van der Waals surface area (Å²) in [6.07, 6.45) is 1.57. The lowest BCUT2D eigenvalue weighted by Crippen LogP contribution is -1.94. The first-order valence-corrected chi connectivity index (χ1v) is 8.27. The van der Waals surface area contributed by atoms with Gasteiger partial charge in [0.15, 0.2) is 23.1 Å². The Morgan fingerprint density at radius 2 is 1.92 bits per heavy atom. The van der Waals surface area contributed by atoms with E-state index in [0.29, 0.717) is 39.9 Å². The summed E-state index contributed by atoms with van der Waals surface area (Å²) in [5, 5.41) is 11.2. The quantitative estimate of drug-likeness (QED) is 0.539. The molecule has 0 radical (unpaired) electrons. The van der Waals surface area contributed by atoms with Crippen LogP contribution in [0.2, 0.25) is 0 Å². The number of nitrogens with one attached hydrogen (secondary N) is 1. The molecule has 132 valence electrons. The second-order valence-electron chi connectivity index (χ2n) is 5.97. The van der Waals surface area contributed by atoms with Crippen LogP contribution in [-0.2, 0) is 0 Å². The molecule has 0 aliphatic carbocycles. The number of phenolic OH excluding ortho intramolecular Hbond substituents is 1. The highest BCUT2D eigenvalue weighted by atomic mass is 19.1. The van der Waals surface area contributed by atoms with Crippen LogP contribution in [-0.4, -0.2) is 21.7 Å². The van der Waals surface area contributed by atoms with Gasteiger partial charge in [0.25, 0.3) is 0 Å². The molecule has 6 heteroatoms. The molecule has 2 N–H and O–H groups in total. The van der Waals surface area contributed by atoms with E-state index in [2.05, 4.69) is 9.97 Å². The SMILES string of the molecule is CCOc1cc2nccc(Oc3ccc4[nH]c(C)cc4c3F)c2cc1O. The molecule has 4 rings (SSSR count). The Morgan fingerprint density at radius 3 is 2.73 bits per heavy atom. The Kier molecular flexibility index (Phi) is 3.88. The van der Waals surface area contributed by atoms with Gasteiger partial charge in [0, 0.05) is 34.2 Å². The van der Waals surface area contributed by atoms with E-state index in [1.807, 2.05) is 13.8 Å². The second kappa shape index (κ2) is 6.22. The molecule has 5 nitrogen and oxygen atoms in total. The number of H-pyrrole nitrogens is 1. The molecule has 2 aromatic heterocycles. The van der Waals surface area contributed by atoms with Crippen molar-refractivity contribution >= 4 is 21.8 Å².